The second-order valence-electron chi connectivity index (χ2n) is 13.1. The number of aryl methyl sites for hydroxylation is 1. The molecule has 1 aliphatic carbocycles. The van der Waals surface area contributed by atoms with Crippen LogP contribution in [0.25, 0.3) is 21.5 Å². The van der Waals surface area contributed by atoms with E-state index in [1.807, 2.05) is 77.2 Å². The fraction of sp³-hybridized carbons (Fsp3) is 0.378. The number of methoxy groups -OCH3 is 1. The van der Waals surface area contributed by atoms with E-state index in [1.54, 1.807) is 7.11 Å². The first kappa shape index (κ1) is 32.0. The number of benzene rings is 2. The van der Waals surface area contributed by atoms with Crippen molar-refractivity contribution in [2.24, 2.45) is 5.41 Å². The van der Waals surface area contributed by atoms with E-state index in [9.17, 15) is 14.7 Å². The zero-order chi connectivity index (χ0) is 33.3. The number of carbonyl (C=O) groups excluding carboxylic acids is 1. The van der Waals surface area contributed by atoms with E-state index in [0.717, 1.165) is 59.5 Å². The van der Waals surface area contributed by atoms with Crippen LogP contribution in [0.1, 0.15) is 76.2 Å². The summed E-state index contributed by atoms with van der Waals surface area (Å²) in [5.74, 6) is -0.762. The number of amides is 1. The average Bonchev–Trinajstić information content (AvgIpc) is 3.68. The smallest absolute Gasteiger partial charge is 0.355 e. The number of carboxylic acid groups (broad SMARTS) is 1. The highest BCUT2D eigenvalue weighted by Crippen LogP contribution is 2.41. The van der Waals surface area contributed by atoms with Gasteiger partial charge in [-0.05, 0) is 85.5 Å². The van der Waals surface area contributed by atoms with Gasteiger partial charge in [-0.3, -0.25) is 14.8 Å². The Morgan fingerprint density at radius 2 is 1.88 bits per heavy atom. The summed E-state index contributed by atoms with van der Waals surface area (Å²) < 4.78 is 8.51. The van der Waals surface area contributed by atoms with Crippen LogP contribution < -0.4 is 10.2 Å². The van der Waals surface area contributed by atoms with Crippen LogP contribution >= 0.6 is 11.3 Å². The molecule has 10 nitrogen and oxygen atoms in total. The third kappa shape index (κ3) is 6.44. The molecule has 3 aromatic heterocycles. The molecule has 7 rings (SSSR count). The van der Waals surface area contributed by atoms with Gasteiger partial charge < -0.3 is 14.7 Å². The van der Waals surface area contributed by atoms with E-state index in [-0.39, 0.29) is 17.0 Å². The van der Waals surface area contributed by atoms with Crippen molar-refractivity contribution in [3.05, 3.63) is 88.7 Å². The van der Waals surface area contributed by atoms with E-state index in [1.165, 1.54) is 30.6 Å². The fourth-order valence-electron chi connectivity index (χ4n) is 7.30. The zero-order valence-corrected chi connectivity index (χ0v) is 28.2. The molecule has 1 saturated carbocycles. The first-order chi connectivity index (χ1) is 23.3. The summed E-state index contributed by atoms with van der Waals surface area (Å²) in [5.41, 5.74) is 5.64. The van der Waals surface area contributed by atoms with Crippen LogP contribution in [0.4, 0.5) is 10.9 Å². The minimum Gasteiger partial charge on any atom is -0.476 e. The zero-order valence-electron chi connectivity index (χ0n) is 27.4. The summed E-state index contributed by atoms with van der Waals surface area (Å²) in [5, 5.41) is 18.8. The summed E-state index contributed by atoms with van der Waals surface area (Å²) in [6.45, 7) is 4.62. The standard InChI is InChI=1S/C37H40N6O4S/c1-24-21-30(41-43(24)23-37(18-20-47-2)16-6-3-7-17-37)27-13-14-32(39-33(27)35(45)46)42-19-15-25-9-8-10-26(28(25)22-42)34(44)40-36-38-29-11-4-5-12-31(29)48-36/h4-5,8-14,21H,3,6-7,15-20,22-23H2,1-2H3,(H,45,46)(H,38,40,44). The molecular weight excluding hydrogens is 625 g/mol. The number of hydrogen-bond donors (Lipinski definition) is 2. The predicted molar refractivity (Wildman–Crippen MR) is 188 cm³/mol. The van der Waals surface area contributed by atoms with Crippen molar-refractivity contribution in [1.29, 1.82) is 0 Å². The maximum Gasteiger partial charge on any atom is 0.355 e. The van der Waals surface area contributed by atoms with Crippen molar-refractivity contribution in [3.8, 4) is 11.3 Å². The quantitative estimate of drug-likeness (QED) is 0.159. The lowest BCUT2D eigenvalue weighted by atomic mass is 9.72. The first-order valence-electron chi connectivity index (χ1n) is 16.6. The molecule has 0 bridgehead atoms. The number of ether oxygens (including phenoxy) is 1. The highest BCUT2D eigenvalue weighted by atomic mass is 32.1. The fourth-order valence-corrected chi connectivity index (χ4v) is 8.16. The van der Waals surface area contributed by atoms with Crippen molar-refractivity contribution in [2.75, 3.05) is 30.5 Å². The second kappa shape index (κ2) is 13.5. The topological polar surface area (TPSA) is 122 Å². The van der Waals surface area contributed by atoms with E-state index >= 15 is 0 Å². The summed E-state index contributed by atoms with van der Waals surface area (Å²) in [6.07, 6.45) is 7.66. The molecule has 1 amide bonds. The normalized spacial score (nSPS) is 15.8. The van der Waals surface area contributed by atoms with E-state index < -0.39 is 5.97 Å². The second-order valence-corrected chi connectivity index (χ2v) is 14.1. The lowest BCUT2D eigenvalue weighted by Gasteiger charge is -2.37. The number of hydrogen-bond acceptors (Lipinski definition) is 8. The molecule has 0 spiro atoms. The predicted octanol–water partition coefficient (Wildman–Crippen LogP) is 7.36. The van der Waals surface area contributed by atoms with Gasteiger partial charge in [-0.2, -0.15) is 5.10 Å². The lowest BCUT2D eigenvalue weighted by Crippen LogP contribution is -2.33. The maximum atomic E-state index is 13.5. The number of thiazole rings is 1. The summed E-state index contributed by atoms with van der Waals surface area (Å²) >= 11 is 1.44. The maximum absolute atomic E-state index is 13.5. The number of para-hydroxylation sites is 1. The van der Waals surface area contributed by atoms with Crippen LogP contribution in [0.5, 0.6) is 0 Å². The van der Waals surface area contributed by atoms with Crippen molar-refractivity contribution >= 4 is 44.4 Å². The van der Waals surface area contributed by atoms with Gasteiger partial charge in [0.05, 0.1) is 15.9 Å². The molecule has 0 saturated heterocycles. The van der Waals surface area contributed by atoms with Gasteiger partial charge in [0.2, 0.25) is 0 Å². The minimum absolute atomic E-state index is 0.0310. The molecule has 48 heavy (non-hydrogen) atoms. The summed E-state index contributed by atoms with van der Waals surface area (Å²) in [6, 6.07) is 19.2. The number of nitrogens with zero attached hydrogens (tertiary/aromatic N) is 5. The highest BCUT2D eigenvalue weighted by Gasteiger charge is 2.33. The number of rotatable bonds is 10. The number of aromatic carboxylic acids is 1. The molecule has 2 aromatic carbocycles. The number of nitrogens with one attached hydrogen (secondary N) is 1. The summed E-state index contributed by atoms with van der Waals surface area (Å²) in [4.78, 5) is 37.4. The molecule has 0 atom stereocenters. The third-order valence-corrected chi connectivity index (χ3v) is 10.9. The van der Waals surface area contributed by atoms with Gasteiger partial charge in [0.25, 0.3) is 5.91 Å². The number of pyridine rings is 1. The number of fused-ring (bicyclic) bond motifs is 2. The first-order valence-corrected chi connectivity index (χ1v) is 17.4. The Morgan fingerprint density at radius 1 is 1.04 bits per heavy atom. The number of anilines is 2. The van der Waals surface area contributed by atoms with Gasteiger partial charge in [-0.25, -0.2) is 14.8 Å². The monoisotopic (exact) mass is 664 g/mol. The number of carbonyl (C=O) groups is 2. The lowest BCUT2D eigenvalue weighted by molar-refractivity contribution is 0.0691. The Bertz CT molecular complexity index is 1940. The van der Waals surface area contributed by atoms with Crippen LogP contribution in [0.15, 0.2) is 60.7 Å². The number of aromatic nitrogens is 4. The van der Waals surface area contributed by atoms with E-state index in [0.29, 0.717) is 47.3 Å². The van der Waals surface area contributed by atoms with Crippen LogP contribution in [-0.2, 0) is 24.2 Å². The van der Waals surface area contributed by atoms with Crippen molar-refractivity contribution in [3.63, 3.8) is 0 Å². The van der Waals surface area contributed by atoms with Gasteiger partial charge in [0.1, 0.15) is 5.82 Å². The molecule has 5 aromatic rings. The molecule has 11 heteroatoms. The molecule has 248 valence electrons. The van der Waals surface area contributed by atoms with E-state index in [4.69, 9.17) is 9.84 Å². The van der Waals surface area contributed by atoms with Crippen molar-refractivity contribution in [1.82, 2.24) is 19.7 Å². The highest BCUT2D eigenvalue weighted by molar-refractivity contribution is 7.22. The largest absolute Gasteiger partial charge is 0.476 e. The summed E-state index contributed by atoms with van der Waals surface area (Å²) in [7, 11) is 1.75. The average molecular weight is 665 g/mol. The van der Waals surface area contributed by atoms with Gasteiger partial charge in [-0.15, -0.1) is 0 Å². The van der Waals surface area contributed by atoms with Crippen LogP contribution in [-0.4, -0.2) is 57.0 Å². The number of carboxylic acids is 1. The third-order valence-electron chi connectivity index (χ3n) is 9.93. The SMILES string of the molecule is COCCC1(Cn2nc(-c3ccc(N4CCc5cccc(C(=O)Nc6nc7ccccc7s6)c5C4)nc3C(=O)O)cc2C)CCCCC1. The van der Waals surface area contributed by atoms with E-state index in [2.05, 4.69) is 15.3 Å². The molecule has 2 N–H and O–H groups in total. The van der Waals surface area contributed by atoms with Crippen molar-refractivity contribution < 1.29 is 19.4 Å². The van der Waals surface area contributed by atoms with Gasteiger partial charge in [-0.1, -0.05) is 54.9 Å². The Balaban J connectivity index is 1.13. The van der Waals surface area contributed by atoms with Gasteiger partial charge in [0.15, 0.2) is 10.8 Å². The Kier molecular flexibility index (Phi) is 8.98. The van der Waals surface area contributed by atoms with Crippen LogP contribution in [0, 0.1) is 12.3 Å². The molecule has 0 radical (unpaired) electrons. The molecule has 1 aliphatic heterocycles. The van der Waals surface area contributed by atoms with Gasteiger partial charge >= 0.3 is 5.97 Å². The minimum atomic E-state index is -1.10. The van der Waals surface area contributed by atoms with Crippen LogP contribution in [0.2, 0.25) is 0 Å². The van der Waals surface area contributed by atoms with Crippen molar-refractivity contribution in [2.45, 2.75) is 65.0 Å². The molecule has 0 unspecified atom stereocenters. The molecule has 4 heterocycles. The van der Waals surface area contributed by atoms with Crippen LogP contribution in [0.3, 0.4) is 0 Å². The Labute approximate surface area is 283 Å². The Morgan fingerprint density at radius 3 is 2.67 bits per heavy atom. The molecule has 1 fully saturated rings. The molecule has 2 aliphatic rings. The van der Waals surface area contributed by atoms with Gasteiger partial charge in [0, 0.05) is 50.2 Å². The Hall–Kier alpha value is -4.61. The molecular formula is C37H40N6O4S.